The van der Waals surface area contributed by atoms with E-state index in [0.29, 0.717) is 5.92 Å². The number of rotatable bonds is 4. The van der Waals surface area contributed by atoms with E-state index in [9.17, 15) is 0 Å². The second kappa shape index (κ2) is 5.30. The monoisotopic (exact) mass is 209 g/mol. The van der Waals surface area contributed by atoms with Crippen LogP contribution in [0.4, 0.5) is 5.69 Å². The minimum Gasteiger partial charge on any atom is -0.384 e. The number of anilines is 1. The van der Waals surface area contributed by atoms with E-state index in [1.807, 2.05) is 0 Å². The second-order valence-electron chi connectivity index (χ2n) is 3.86. The first-order valence-electron chi connectivity index (χ1n) is 5.22. The molecule has 1 aromatic rings. The average Bonchev–Trinajstić information content (AvgIpc) is 2.15. The highest BCUT2D eigenvalue weighted by atomic mass is 32.1. The van der Waals surface area contributed by atoms with Crippen molar-refractivity contribution in [1.82, 2.24) is 0 Å². The van der Waals surface area contributed by atoms with E-state index in [0.717, 1.165) is 23.5 Å². The van der Waals surface area contributed by atoms with Crippen LogP contribution in [0, 0.1) is 0 Å². The number of benzene rings is 1. The van der Waals surface area contributed by atoms with E-state index in [2.05, 4.69) is 56.9 Å². The van der Waals surface area contributed by atoms with Crippen LogP contribution in [-0.2, 0) is 0 Å². The molecular formula is C12H19NS. The fourth-order valence-electron chi connectivity index (χ4n) is 1.32. The lowest BCUT2D eigenvalue weighted by Crippen LogP contribution is -2.01. The normalized spacial score (nSPS) is 10.6. The van der Waals surface area contributed by atoms with Crippen molar-refractivity contribution < 1.29 is 0 Å². The molecule has 0 aliphatic carbocycles. The van der Waals surface area contributed by atoms with Crippen LogP contribution in [0.15, 0.2) is 23.1 Å². The molecule has 0 spiro atoms. The molecular weight excluding hydrogens is 190 g/mol. The molecule has 0 radical (unpaired) electrons. The Bertz CT molecular complexity index is 294. The van der Waals surface area contributed by atoms with Gasteiger partial charge in [-0.1, -0.05) is 26.8 Å². The van der Waals surface area contributed by atoms with Gasteiger partial charge in [-0.2, -0.15) is 0 Å². The van der Waals surface area contributed by atoms with Gasteiger partial charge in [-0.15, -0.1) is 12.6 Å². The van der Waals surface area contributed by atoms with Crippen molar-refractivity contribution in [3.63, 3.8) is 0 Å². The van der Waals surface area contributed by atoms with Gasteiger partial charge in [0, 0.05) is 17.1 Å². The molecule has 1 aromatic carbocycles. The van der Waals surface area contributed by atoms with E-state index < -0.39 is 0 Å². The molecule has 0 aliphatic rings. The number of hydrogen-bond acceptors (Lipinski definition) is 2. The van der Waals surface area contributed by atoms with Crippen LogP contribution in [0.3, 0.4) is 0 Å². The Labute approximate surface area is 92.3 Å². The lowest BCUT2D eigenvalue weighted by atomic mass is 10.0. The highest BCUT2D eigenvalue weighted by Crippen LogP contribution is 2.24. The van der Waals surface area contributed by atoms with Crippen molar-refractivity contribution in [3.05, 3.63) is 23.8 Å². The minimum absolute atomic E-state index is 0.570. The number of hydrogen-bond donors (Lipinski definition) is 2. The van der Waals surface area contributed by atoms with Crippen molar-refractivity contribution in [2.45, 2.75) is 38.0 Å². The van der Waals surface area contributed by atoms with Crippen molar-refractivity contribution in [3.8, 4) is 0 Å². The molecule has 0 saturated heterocycles. The zero-order valence-electron chi connectivity index (χ0n) is 9.17. The Morgan fingerprint density at radius 3 is 2.57 bits per heavy atom. The molecule has 0 aliphatic heterocycles. The fourth-order valence-corrected chi connectivity index (χ4v) is 1.62. The van der Waals surface area contributed by atoms with Gasteiger partial charge in [0.15, 0.2) is 0 Å². The molecule has 0 aromatic heterocycles. The average molecular weight is 209 g/mol. The van der Waals surface area contributed by atoms with Crippen molar-refractivity contribution in [2.75, 3.05) is 11.9 Å². The molecule has 78 valence electrons. The third kappa shape index (κ3) is 2.95. The van der Waals surface area contributed by atoms with Gasteiger partial charge in [0.1, 0.15) is 0 Å². The van der Waals surface area contributed by atoms with Crippen molar-refractivity contribution in [2.24, 2.45) is 0 Å². The largest absolute Gasteiger partial charge is 0.384 e. The van der Waals surface area contributed by atoms with Gasteiger partial charge in [0.25, 0.3) is 0 Å². The Balaban J connectivity index is 2.79. The van der Waals surface area contributed by atoms with Crippen LogP contribution in [0.1, 0.15) is 38.7 Å². The molecule has 0 bridgehead atoms. The molecule has 2 heteroatoms. The lowest BCUT2D eigenvalue weighted by molar-refractivity contribution is 0.862. The summed E-state index contributed by atoms with van der Waals surface area (Å²) in [4.78, 5) is 1.05. The predicted molar refractivity (Wildman–Crippen MR) is 66.6 cm³/mol. The fraction of sp³-hybridized carbons (Fsp3) is 0.500. The summed E-state index contributed by atoms with van der Waals surface area (Å²) in [6.07, 6.45) is 1.14. The zero-order valence-corrected chi connectivity index (χ0v) is 10.1. The first kappa shape index (κ1) is 11.4. The second-order valence-corrected chi connectivity index (χ2v) is 4.34. The van der Waals surface area contributed by atoms with Gasteiger partial charge >= 0.3 is 0 Å². The van der Waals surface area contributed by atoms with Crippen LogP contribution in [0.5, 0.6) is 0 Å². The summed E-state index contributed by atoms with van der Waals surface area (Å²) in [6, 6.07) is 6.43. The summed E-state index contributed by atoms with van der Waals surface area (Å²) < 4.78 is 0. The quantitative estimate of drug-likeness (QED) is 0.716. The standard InChI is InChI=1S/C12H19NS/c1-4-7-13-11-6-5-10(9(2)3)8-12(11)14/h5-6,8-9,13-14H,4,7H2,1-3H3. The topological polar surface area (TPSA) is 12.0 Å². The summed E-state index contributed by atoms with van der Waals surface area (Å²) in [5, 5.41) is 3.35. The Hall–Kier alpha value is -0.630. The molecule has 0 heterocycles. The molecule has 0 amide bonds. The Kier molecular flexibility index (Phi) is 4.33. The minimum atomic E-state index is 0.570. The van der Waals surface area contributed by atoms with Gasteiger partial charge in [-0.25, -0.2) is 0 Å². The highest BCUT2D eigenvalue weighted by Gasteiger charge is 2.02. The van der Waals surface area contributed by atoms with Crippen LogP contribution in [-0.4, -0.2) is 6.54 Å². The third-order valence-electron chi connectivity index (χ3n) is 2.25. The molecule has 0 fully saturated rings. The van der Waals surface area contributed by atoms with Gasteiger partial charge in [-0.05, 0) is 30.0 Å². The van der Waals surface area contributed by atoms with Crippen LogP contribution in [0.25, 0.3) is 0 Å². The molecule has 0 atom stereocenters. The zero-order chi connectivity index (χ0) is 10.6. The smallest absolute Gasteiger partial charge is 0.0475 e. The number of nitrogens with one attached hydrogen (secondary N) is 1. The van der Waals surface area contributed by atoms with E-state index in [4.69, 9.17) is 0 Å². The van der Waals surface area contributed by atoms with Gasteiger partial charge in [0.2, 0.25) is 0 Å². The Morgan fingerprint density at radius 2 is 2.07 bits per heavy atom. The summed E-state index contributed by atoms with van der Waals surface area (Å²) >= 11 is 4.47. The summed E-state index contributed by atoms with van der Waals surface area (Å²) in [5.41, 5.74) is 2.48. The van der Waals surface area contributed by atoms with Gasteiger partial charge in [-0.3, -0.25) is 0 Å². The summed E-state index contributed by atoms with van der Waals surface area (Å²) in [5.74, 6) is 0.570. The van der Waals surface area contributed by atoms with E-state index in [1.54, 1.807) is 0 Å². The summed E-state index contributed by atoms with van der Waals surface area (Å²) in [6.45, 7) is 7.56. The van der Waals surface area contributed by atoms with Crippen LogP contribution in [0.2, 0.25) is 0 Å². The summed E-state index contributed by atoms with van der Waals surface area (Å²) in [7, 11) is 0. The molecule has 14 heavy (non-hydrogen) atoms. The maximum atomic E-state index is 4.47. The first-order valence-corrected chi connectivity index (χ1v) is 5.66. The maximum Gasteiger partial charge on any atom is 0.0475 e. The number of thiol groups is 1. The molecule has 0 saturated carbocycles. The van der Waals surface area contributed by atoms with Crippen LogP contribution >= 0.6 is 12.6 Å². The van der Waals surface area contributed by atoms with E-state index in [1.165, 1.54) is 5.56 Å². The lowest BCUT2D eigenvalue weighted by Gasteiger charge is -2.11. The molecule has 1 N–H and O–H groups in total. The molecule has 0 unspecified atom stereocenters. The van der Waals surface area contributed by atoms with Gasteiger partial charge in [0.05, 0.1) is 0 Å². The van der Waals surface area contributed by atoms with E-state index in [-0.39, 0.29) is 0 Å². The van der Waals surface area contributed by atoms with Crippen molar-refractivity contribution in [1.29, 1.82) is 0 Å². The highest BCUT2D eigenvalue weighted by molar-refractivity contribution is 7.80. The SMILES string of the molecule is CCCNc1ccc(C(C)C)cc1S. The maximum absolute atomic E-state index is 4.47. The molecule has 1 nitrogen and oxygen atoms in total. The van der Waals surface area contributed by atoms with Crippen LogP contribution < -0.4 is 5.32 Å². The molecule has 1 rings (SSSR count). The predicted octanol–water partition coefficient (Wildman–Crippen LogP) is 3.92. The van der Waals surface area contributed by atoms with Gasteiger partial charge < -0.3 is 5.32 Å². The third-order valence-corrected chi connectivity index (χ3v) is 2.62. The van der Waals surface area contributed by atoms with Crippen molar-refractivity contribution >= 4 is 18.3 Å². The first-order chi connectivity index (χ1) is 6.65. The van der Waals surface area contributed by atoms with E-state index >= 15 is 0 Å². The Morgan fingerprint density at radius 1 is 1.36 bits per heavy atom.